The standard InChI is InChI=1S/C23H29FN2O4/c1-5-22(27)26(15-18-6-9-19(24)10-7-18)16(2)23(28)25-13-12-17-8-11-20(29-3)21(14-17)30-4/h6-11,14,16H,5,12-13,15H2,1-4H3,(H,25,28)/t16-/m1/s1. The molecule has 6 nitrogen and oxygen atoms in total. The highest BCUT2D eigenvalue weighted by Gasteiger charge is 2.24. The highest BCUT2D eigenvalue weighted by atomic mass is 19.1. The summed E-state index contributed by atoms with van der Waals surface area (Å²) in [5.41, 5.74) is 1.76. The van der Waals surface area contributed by atoms with Crippen LogP contribution in [0.2, 0.25) is 0 Å². The van der Waals surface area contributed by atoms with Crippen LogP contribution < -0.4 is 14.8 Å². The summed E-state index contributed by atoms with van der Waals surface area (Å²) < 4.78 is 23.7. The van der Waals surface area contributed by atoms with Crippen molar-refractivity contribution in [2.45, 2.75) is 39.3 Å². The van der Waals surface area contributed by atoms with E-state index in [0.717, 1.165) is 11.1 Å². The van der Waals surface area contributed by atoms with Crippen molar-refractivity contribution < 1.29 is 23.5 Å². The number of rotatable bonds is 10. The zero-order valence-corrected chi connectivity index (χ0v) is 17.9. The Kier molecular flexibility index (Phi) is 8.65. The van der Waals surface area contributed by atoms with Crippen molar-refractivity contribution >= 4 is 11.8 Å². The van der Waals surface area contributed by atoms with E-state index in [0.29, 0.717) is 24.5 Å². The molecule has 30 heavy (non-hydrogen) atoms. The van der Waals surface area contributed by atoms with Gasteiger partial charge in [0, 0.05) is 19.5 Å². The van der Waals surface area contributed by atoms with Gasteiger partial charge in [-0.05, 0) is 48.7 Å². The molecule has 0 saturated carbocycles. The first-order chi connectivity index (χ1) is 14.4. The number of halogens is 1. The van der Waals surface area contributed by atoms with Gasteiger partial charge in [-0.1, -0.05) is 25.1 Å². The Bertz CT molecular complexity index is 855. The van der Waals surface area contributed by atoms with Crippen LogP contribution in [0.5, 0.6) is 11.5 Å². The van der Waals surface area contributed by atoms with E-state index in [1.165, 1.54) is 17.0 Å². The van der Waals surface area contributed by atoms with Gasteiger partial charge in [0.2, 0.25) is 11.8 Å². The lowest BCUT2D eigenvalue weighted by Gasteiger charge is -2.28. The lowest BCUT2D eigenvalue weighted by Crippen LogP contribution is -2.47. The highest BCUT2D eigenvalue weighted by molar-refractivity contribution is 5.87. The van der Waals surface area contributed by atoms with Crippen LogP contribution in [0.1, 0.15) is 31.4 Å². The summed E-state index contributed by atoms with van der Waals surface area (Å²) in [5, 5.41) is 2.89. The van der Waals surface area contributed by atoms with Crippen LogP contribution >= 0.6 is 0 Å². The van der Waals surface area contributed by atoms with Crippen LogP contribution in [0.3, 0.4) is 0 Å². The van der Waals surface area contributed by atoms with E-state index in [-0.39, 0.29) is 30.6 Å². The average molecular weight is 416 g/mol. The Morgan fingerprint density at radius 3 is 2.27 bits per heavy atom. The molecule has 0 aliphatic carbocycles. The van der Waals surface area contributed by atoms with Gasteiger partial charge in [-0.3, -0.25) is 9.59 Å². The molecule has 2 aromatic rings. The van der Waals surface area contributed by atoms with Crippen LogP contribution in [0.4, 0.5) is 4.39 Å². The molecule has 1 atom stereocenters. The predicted molar refractivity (Wildman–Crippen MR) is 113 cm³/mol. The zero-order valence-electron chi connectivity index (χ0n) is 17.9. The van der Waals surface area contributed by atoms with Gasteiger partial charge in [0.15, 0.2) is 11.5 Å². The fourth-order valence-corrected chi connectivity index (χ4v) is 3.09. The van der Waals surface area contributed by atoms with Gasteiger partial charge in [0.05, 0.1) is 14.2 Å². The van der Waals surface area contributed by atoms with Crippen LogP contribution in [-0.2, 0) is 22.6 Å². The summed E-state index contributed by atoms with van der Waals surface area (Å²) in [6.45, 7) is 4.12. The normalized spacial score (nSPS) is 11.5. The van der Waals surface area contributed by atoms with E-state index in [1.807, 2.05) is 18.2 Å². The van der Waals surface area contributed by atoms with Crippen molar-refractivity contribution in [3.05, 3.63) is 59.4 Å². The lowest BCUT2D eigenvalue weighted by atomic mass is 10.1. The lowest BCUT2D eigenvalue weighted by molar-refractivity contribution is -0.140. The van der Waals surface area contributed by atoms with E-state index in [2.05, 4.69) is 5.32 Å². The first-order valence-electron chi connectivity index (χ1n) is 9.92. The number of nitrogens with zero attached hydrogens (tertiary/aromatic N) is 1. The van der Waals surface area contributed by atoms with Gasteiger partial charge in [0.1, 0.15) is 11.9 Å². The predicted octanol–water partition coefficient (Wildman–Crippen LogP) is 3.33. The summed E-state index contributed by atoms with van der Waals surface area (Å²) >= 11 is 0. The molecule has 0 aliphatic rings. The molecule has 2 rings (SSSR count). The molecule has 0 bridgehead atoms. The number of nitrogens with one attached hydrogen (secondary N) is 1. The molecule has 0 saturated heterocycles. The van der Waals surface area contributed by atoms with Crippen molar-refractivity contribution in [2.75, 3.05) is 20.8 Å². The molecular formula is C23H29FN2O4. The quantitative estimate of drug-likeness (QED) is 0.645. The number of hydrogen-bond donors (Lipinski definition) is 1. The smallest absolute Gasteiger partial charge is 0.242 e. The van der Waals surface area contributed by atoms with Gasteiger partial charge >= 0.3 is 0 Å². The third kappa shape index (κ3) is 6.20. The molecular weight excluding hydrogens is 387 g/mol. The number of ether oxygens (including phenoxy) is 2. The molecule has 0 aromatic heterocycles. The molecule has 2 aromatic carbocycles. The summed E-state index contributed by atoms with van der Waals surface area (Å²) in [5.74, 6) is 0.566. The molecule has 0 radical (unpaired) electrons. The van der Waals surface area contributed by atoms with Crippen molar-refractivity contribution in [2.24, 2.45) is 0 Å². The van der Waals surface area contributed by atoms with Gasteiger partial charge in [-0.15, -0.1) is 0 Å². The van der Waals surface area contributed by atoms with Crippen LogP contribution in [0.25, 0.3) is 0 Å². The van der Waals surface area contributed by atoms with E-state index in [1.54, 1.807) is 40.2 Å². The molecule has 1 N–H and O–H groups in total. The van der Waals surface area contributed by atoms with Gasteiger partial charge in [-0.25, -0.2) is 4.39 Å². The number of amides is 2. The van der Waals surface area contributed by atoms with Crippen molar-refractivity contribution in [1.82, 2.24) is 10.2 Å². The maximum atomic E-state index is 13.1. The van der Waals surface area contributed by atoms with Gasteiger partial charge < -0.3 is 19.7 Å². The summed E-state index contributed by atoms with van der Waals surface area (Å²) in [6, 6.07) is 10.9. The minimum absolute atomic E-state index is 0.137. The minimum Gasteiger partial charge on any atom is -0.493 e. The molecule has 0 unspecified atom stereocenters. The molecule has 0 fully saturated rings. The van der Waals surface area contributed by atoms with Crippen LogP contribution in [0.15, 0.2) is 42.5 Å². The molecule has 0 spiro atoms. The largest absolute Gasteiger partial charge is 0.493 e. The Labute approximate surface area is 177 Å². The Morgan fingerprint density at radius 1 is 1.03 bits per heavy atom. The van der Waals surface area contributed by atoms with Crippen LogP contribution in [0, 0.1) is 5.82 Å². The zero-order chi connectivity index (χ0) is 22.1. The van der Waals surface area contributed by atoms with E-state index >= 15 is 0 Å². The third-order valence-corrected chi connectivity index (χ3v) is 4.90. The van der Waals surface area contributed by atoms with Gasteiger partial charge in [0.25, 0.3) is 0 Å². The summed E-state index contributed by atoms with van der Waals surface area (Å²) in [4.78, 5) is 26.6. The maximum Gasteiger partial charge on any atom is 0.242 e. The fourth-order valence-electron chi connectivity index (χ4n) is 3.09. The molecule has 2 amide bonds. The van der Waals surface area contributed by atoms with Gasteiger partial charge in [-0.2, -0.15) is 0 Å². The second-order valence-electron chi connectivity index (χ2n) is 6.91. The average Bonchev–Trinajstić information content (AvgIpc) is 2.77. The van der Waals surface area contributed by atoms with E-state index < -0.39 is 6.04 Å². The fraction of sp³-hybridized carbons (Fsp3) is 0.391. The SMILES string of the molecule is CCC(=O)N(Cc1ccc(F)cc1)[C@H](C)C(=O)NCCc1ccc(OC)c(OC)c1. The monoisotopic (exact) mass is 416 g/mol. The number of carbonyl (C=O) groups is 2. The third-order valence-electron chi connectivity index (χ3n) is 4.90. The summed E-state index contributed by atoms with van der Waals surface area (Å²) in [7, 11) is 3.15. The Hall–Kier alpha value is -3.09. The topological polar surface area (TPSA) is 67.9 Å². The maximum absolute atomic E-state index is 13.1. The summed E-state index contributed by atoms with van der Waals surface area (Å²) in [6.07, 6.45) is 0.892. The molecule has 0 heterocycles. The molecule has 0 aliphatic heterocycles. The Morgan fingerprint density at radius 2 is 1.67 bits per heavy atom. The van der Waals surface area contributed by atoms with E-state index in [9.17, 15) is 14.0 Å². The first kappa shape index (κ1) is 23.2. The van der Waals surface area contributed by atoms with Crippen LogP contribution in [-0.4, -0.2) is 43.5 Å². The minimum atomic E-state index is -0.645. The second kappa shape index (κ2) is 11.2. The van der Waals surface area contributed by atoms with E-state index in [4.69, 9.17) is 9.47 Å². The number of carbonyl (C=O) groups excluding carboxylic acids is 2. The Balaban J connectivity index is 1.97. The van der Waals surface area contributed by atoms with Crippen molar-refractivity contribution in [1.29, 1.82) is 0 Å². The second-order valence-corrected chi connectivity index (χ2v) is 6.91. The van der Waals surface area contributed by atoms with Crippen molar-refractivity contribution in [3.63, 3.8) is 0 Å². The first-order valence-corrected chi connectivity index (χ1v) is 9.92. The number of hydrogen-bond acceptors (Lipinski definition) is 4. The number of benzene rings is 2. The number of methoxy groups -OCH3 is 2. The molecule has 7 heteroatoms. The van der Waals surface area contributed by atoms with Crippen molar-refractivity contribution in [3.8, 4) is 11.5 Å². The molecule has 162 valence electrons. The highest BCUT2D eigenvalue weighted by Crippen LogP contribution is 2.27.